The van der Waals surface area contributed by atoms with E-state index in [-0.39, 0.29) is 17.7 Å². The maximum atomic E-state index is 12.1. The Kier molecular flexibility index (Phi) is 3.98. The van der Waals surface area contributed by atoms with Crippen LogP contribution in [0.1, 0.15) is 23.1 Å². The van der Waals surface area contributed by atoms with Crippen molar-refractivity contribution in [1.29, 1.82) is 0 Å². The Labute approximate surface area is 110 Å². The summed E-state index contributed by atoms with van der Waals surface area (Å²) in [5.74, 6) is -0.220. The van der Waals surface area contributed by atoms with Gasteiger partial charge >= 0.3 is 6.09 Å². The standard InChI is InChI=1S/C11H16N4O4/c1-3-18-11(17)15-6-4-14(5-7-15)10(16)9-8(2)12-19-13-9/h3-7H2,1-2H3. The molecule has 1 aromatic rings. The summed E-state index contributed by atoms with van der Waals surface area (Å²) in [6, 6.07) is 0. The van der Waals surface area contributed by atoms with E-state index in [1.807, 2.05) is 0 Å². The maximum Gasteiger partial charge on any atom is 0.409 e. The average molecular weight is 268 g/mol. The van der Waals surface area contributed by atoms with Gasteiger partial charge in [-0.3, -0.25) is 4.79 Å². The molecule has 8 heteroatoms. The zero-order chi connectivity index (χ0) is 13.8. The fraction of sp³-hybridized carbons (Fsp3) is 0.636. The molecular formula is C11H16N4O4. The Morgan fingerprint density at radius 3 is 2.37 bits per heavy atom. The molecule has 1 aliphatic heterocycles. The van der Waals surface area contributed by atoms with Crippen LogP contribution in [0.2, 0.25) is 0 Å². The normalized spacial score (nSPS) is 15.5. The molecule has 8 nitrogen and oxygen atoms in total. The molecule has 2 rings (SSSR count). The lowest BCUT2D eigenvalue weighted by Gasteiger charge is -2.33. The molecule has 0 aliphatic carbocycles. The minimum absolute atomic E-state index is 0.220. The summed E-state index contributed by atoms with van der Waals surface area (Å²) in [7, 11) is 0. The summed E-state index contributed by atoms with van der Waals surface area (Å²) in [4.78, 5) is 26.8. The average Bonchev–Trinajstić information content (AvgIpc) is 2.84. The van der Waals surface area contributed by atoms with E-state index >= 15 is 0 Å². The van der Waals surface area contributed by atoms with Gasteiger partial charge in [0.1, 0.15) is 5.69 Å². The first kappa shape index (κ1) is 13.3. The Balaban J connectivity index is 1.92. The van der Waals surface area contributed by atoms with Crippen molar-refractivity contribution in [2.24, 2.45) is 0 Å². The predicted molar refractivity (Wildman–Crippen MR) is 63.5 cm³/mol. The Bertz CT molecular complexity index is 465. The van der Waals surface area contributed by atoms with Crippen LogP contribution in [0.25, 0.3) is 0 Å². The van der Waals surface area contributed by atoms with Crippen molar-refractivity contribution in [3.63, 3.8) is 0 Å². The molecule has 0 N–H and O–H groups in total. The highest BCUT2D eigenvalue weighted by atomic mass is 16.6. The number of hydrogen-bond donors (Lipinski definition) is 0. The van der Waals surface area contributed by atoms with Crippen molar-refractivity contribution in [2.45, 2.75) is 13.8 Å². The molecule has 0 spiro atoms. The second-order valence-corrected chi connectivity index (χ2v) is 4.18. The second-order valence-electron chi connectivity index (χ2n) is 4.18. The number of aromatic nitrogens is 2. The molecule has 2 amide bonds. The first-order valence-electron chi connectivity index (χ1n) is 6.13. The highest BCUT2D eigenvalue weighted by molar-refractivity contribution is 5.93. The molecule has 0 unspecified atom stereocenters. The number of carbonyl (C=O) groups excluding carboxylic acids is 2. The van der Waals surface area contributed by atoms with E-state index in [4.69, 9.17) is 4.74 Å². The van der Waals surface area contributed by atoms with Crippen LogP contribution in [-0.4, -0.2) is 64.9 Å². The van der Waals surface area contributed by atoms with Gasteiger partial charge in [-0.05, 0) is 19.0 Å². The van der Waals surface area contributed by atoms with Crippen LogP contribution in [0.15, 0.2) is 4.63 Å². The molecule has 0 radical (unpaired) electrons. The van der Waals surface area contributed by atoms with Gasteiger partial charge in [-0.15, -0.1) is 0 Å². The van der Waals surface area contributed by atoms with Crippen LogP contribution in [0.3, 0.4) is 0 Å². The highest BCUT2D eigenvalue weighted by Gasteiger charge is 2.28. The largest absolute Gasteiger partial charge is 0.450 e. The summed E-state index contributed by atoms with van der Waals surface area (Å²) in [5.41, 5.74) is 0.697. The summed E-state index contributed by atoms with van der Waals surface area (Å²) in [6.45, 7) is 5.58. The summed E-state index contributed by atoms with van der Waals surface area (Å²) in [5, 5.41) is 7.17. The fourth-order valence-electron chi connectivity index (χ4n) is 1.88. The highest BCUT2D eigenvalue weighted by Crippen LogP contribution is 2.10. The molecule has 0 atom stereocenters. The van der Waals surface area contributed by atoms with Crippen molar-refractivity contribution in [3.05, 3.63) is 11.4 Å². The van der Waals surface area contributed by atoms with Crippen LogP contribution in [0, 0.1) is 6.92 Å². The molecule has 2 heterocycles. The van der Waals surface area contributed by atoms with Gasteiger partial charge in [0.25, 0.3) is 5.91 Å². The molecule has 1 fully saturated rings. The summed E-state index contributed by atoms with van der Waals surface area (Å²) < 4.78 is 9.43. The third kappa shape index (κ3) is 2.83. The lowest BCUT2D eigenvalue weighted by Crippen LogP contribution is -2.50. The van der Waals surface area contributed by atoms with Crippen LogP contribution in [-0.2, 0) is 4.74 Å². The molecule has 1 aromatic heterocycles. The van der Waals surface area contributed by atoms with E-state index < -0.39 is 0 Å². The minimum atomic E-state index is -0.339. The van der Waals surface area contributed by atoms with Gasteiger partial charge in [-0.25, -0.2) is 9.42 Å². The van der Waals surface area contributed by atoms with E-state index in [9.17, 15) is 9.59 Å². The predicted octanol–water partition coefficient (Wildman–Crippen LogP) is 0.292. The maximum absolute atomic E-state index is 12.1. The quantitative estimate of drug-likeness (QED) is 0.766. The molecule has 0 bridgehead atoms. The van der Waals surface area contributed by atoms with Gasteiger partial charge < -0.3 is 14.5 Å². The van der Waals surface area contributed by atoms with E-state index in [1.54, 1.807) is 23.6 Å². The topological polar surface area (TPSA) is 88.8 Å². The molecule has 1 saturated heterocycles. The van der Waals surface area contributed by atoms with Gasteiger partial charge in [-0.2, -0.15) is 0 Å². The molecule has 19 heavy (non-hydrogen) atoms. The SMILES string of the molecule is CCOC(=O)N1CCN(C(=O)c2nonc2C)CC1. The number of piperazine rings is 1. The molecule has 104 valence electrons. The molecule has 1 aliphatic rings. The lowest BCUT2D eigenvalue weighted by atomic mass is 10.2. The Hall–Kier alpha value is -2.12. The number of ether oxygens (including phenoxy) is 1. The number of hydrogen-bond acceptors (Lipinski definition) is 6. The first-order valence-corrected chi connectivity index (χ1v) is 6.13. The van der Waals surface area contributed by atoms with Crippen molar-refractivity contribution < 1.29 is 19.0 Å². The zero-order valence-corrected chi connectivity index (χ0v) is 11.0. The molecule has 0 aromatic carbocycles. The Morgan fingerprint density at radius 1 is 1.21 bits per heavy atom. The van der Waals surface area contributed by atoms with Gasteiger partial charge in [0.15, 0.2) is 5.69 Å². The van der Waals surface area contributed by atoms with Crippen LogP contribution < -0.4 is 0 Å². The fourth-order valence-corrected chi connectivity index (χ4v) is 1.88. The monoisotopic (exact) mass is 268 g/mol. The van der Waals surface area contributed by atoms with Crippen LogP contribution >= 0.6 is 0 Å². The number of nitrogens with zero attached hydrogens (tertiary/aromatic N) is 4. The van der Waals surface area contributed by atoms with Gasteiger partial charge in [0, 0.05) is 26.2 Å². The summed E-state index contributed by atoms with van der Waals surface area (Å²) in [6.07, 6.45) is -0.339. The summed E-state index contributed by atoms with van der Waals surface area (Å²) >= 11 is 0. The third-order valence-corrected chi connectivity index (χ3v) is 2.95. The smallest absolute Gasteiger partial charge is 0.409 e. The first-order chi connectivity index (χ1) is 9.13. The molecule has 0 saturated carbocycles. The van der Waals surface area contributed by atoms with Crippen LogP contribution in [0.4, 0.5) is 4.79 Å². The number of aryl methyl sites for hydroxylation is 1. The minimum Gasteiger partial charge on any atom is -0.450 e. The number of amides is 2. The third-order valence-electron chi connectivity index (χ3n) is 2.95. The number of rotatable bonds is 2. The van der Waals surface area contributed by atoms with Gasteiger partial charge in [0.2, 0.25) is 0 Å². The number of carbonyl (C=O) groups is 2. The van der Waals surface area contributed by atoms with Gasteiger partial charge in [0.05, 0.1) is 6.61 Å². The van der Waals surface area contributed by atoms with Crippen molar-refractivity contribution in [2.75, 3.05) is 32.8 Å². The van der Waals surface area contributed by atoms with E-state index in [1.165, 1.54) is 0 Å². The zero-order valence-electron chi connectivity index (χ0n) is 11.0. The Morgan fingerprint density at radius 2 is 1.84 bits per heavy atom. The van der Waals surface area contributed by atoms with Gasteiger partial charge in [-0.1, -0.05) is 5.16 Å². The second kappa shape index (κ2) is 5.68. The van der Waals surface area contributed by atoms with Crippen molar-refractivity contribution in [1.82, 2.24) is 20.1 Å². The van der Waals surface area contributed by atoms with Crippen molar-refractivity contribution >= 4 is 12.0 Å². The van der Waals surface area contributed by atoms with Crippen LogP contribution in [0.5, 0.6) is 0 Å². The lowest BCUT2D eigenvalue weighted by molar-refractivity contribution is 0.0561. The van der Waals surface area contributed by atoms with E-state index in [2.05, 4.69) is 14.9 Å². The van der Waals surface area contributed by atoms with Crippen molar-refractivity contribution in [3.8, 4) is 0 Å². The van der Waals surface area contributed by atoms with E-state index in [0.29, 0.717) is 38.5 Å². The van der Waals surface area contributed by atoms with E-state index in [0.717, 1.165) is 0 Å². The molecular weight excluding hydrogens is 252 g/mol.